The molecule has 93 valence electrons. The first kappa shape index (κ1) is 36.1. The summed E-state index contributed by atoms with van der Waals surface area (Å²) in [4.78, 5) is 0. The van der Waals surface area contributed by atoms with Gasteiger partial charge in [-0.2, -0.15) is 6.92 Å². The maximum Gasteiger partial charge on any atom is 0.299 e. The van der Waals surface area contributed by atoms with E-state index < -0.39 is 0 Å². The van der Waals surface area contributed by atoms with E-state index >= 15 is 0 Å². The van der Waals surface area contributed by atoms with Gasteiger partial charge in [-0.25, -0.2) is 0 Å². The van der Waals surface area contributed by atoms with Gasteiger partial charge in [-0.05, 0) is 24.0 Å². The summed E-state index contributed by atoms with van der Waals surface area (Å²) in [6.07, 6.45) is 0. The Morgan fingerprint density at radius 2 is 1.47 bits per heavy atom. The number of nitrogens with two attached hydrogens (primary N) is 4. The molecule has 15 heavy (non-hydrogen) atoms. The molecule has 0 saturated carbocycles. The van der Waals surface area contributed by atoms with E-state index in [0.717, 1.165) is 5.75 Å². The van der Waals surface area contributed by atoms with E-state index in [2.05, 4.69) is 30.6 Å². The molecule has 0 rings (SSSR count). The minimum absolute atomic E-state index is 0. The van der Waals surface area contributed by atoms with Crippen molar-refractivity contribution >= 4 is 34.3 Å². The van der Waals surface area contributed by atoms with Crippen LogP contribution in [-0.4, -0.2) is 16.0 Å². The summed E-state index contributed by atoms with van der Waals surface area (Å²) in [5, 5.41) is 5.52. The summed E-state index contributed by atoms with van der Waals surface area (Å²) in [7, 11) is 0. The normalized spacial score (nSPS) is 5.27. The summed E-state index contributed by atoms with van der Waals surface area (Å²) >= 11 is 5.55. The quantitative estimate of drug-likeness (QED) is 0.236. The Kier molecular flexibility index (Phi) is 87.8. The minimum Gasteiger partial charge on any atom is -0.377 e. The van der Waals surface area contributed by atoms with E-state index in [9.17, 15) is 0 Å². The maximum atomic E-state index is 5.06. The average molecular weight is 331 g/mol. The number of amidine groups is 1. The number of thiocarbonyl (C=S) groups is 1. The Hall–Kier alpha value is 0.614. The Morgan fingerprint density at radius 3 is 1.47 bits per heavy atom. The van der Waals surface area contributed by atoms with Crippen molar-refractivity contribution < 1.29 is 38.1 Å². The fraction of sp³-hybridized carbons (Fsp3) is 0.625. The first-order valence-corrected chi connectivity index (χ1v) is 4.66. The van der Waals surface area contributed by atoms with Crippen LogP contribution in [0.1, 0.15) is 28.7 Å². The van der Waals surface area contributed by atoms with E-state index in [0.29, 0.717) is 5.17 Å². The van der Waals surface area contributed by atoms with Gasteiger partial charge in [0.15, 0.2) is 5.11 Å². The molecule has 0 bridgehead atoms. The molecule has 7 heteroatoms. The van der Waals surface area contributed by atoms with Crippen LogP contribution in [0.2, 0.25) is 0 Å². The van der Waals surface area contributed by atoms with E-state index in [4.69, 9.17) is 11.1 Å². The van der Waals surface area contributed by atoms with Crippen molar-refractivity contribution in [1.29, 1.82) is 0 Å². The monoisotopic (exact) mass is 331 g/mol. The zero-order valence-corrected chi connectivity index (χ0v) is 12.6. The predicted octanol–water partition coefficient (Wildman–Crippen LogP) is 0.112. The summed E-state index contributed by atoms with van der Waals surface area (Å²) in [6, 6.07) is 0. The van der Waals surface area contributed by atoms with Crippen molar-refractivity contribution in [2.24, 2.45) is 17.2 Å². The molecule has 0 heterocycles. The molecule has 0 aromatic rings. The zero-order valence-electron chi connectivity index (χ0n) is 8.12. The van der Waals surface area contributed by atoms with E-state index in [1.165, 1.54) is 11.8 Å². The molecule has 0 fully saturated rings. The smallest absolute Gasteiger partial charge is 0.299 e. The van der Waals surface area contributed by atoms with Crippen LogP contribution >= 0.6 is 24.0 Å². The largest absolute Gasteiger partial charge is 0.377 e. The Labute approximate surface area is 130 Å². The Balaban J connectivity index is -0.0000000204. The van der Waals surface area contributed by atoms with Crippen LogP contribution in [0, 0.1) is 6.92 Å². The third-order valence-corrected chi connectivity index (χ3v) is 0.933. The van der Waals surface area contributed by atoms with E-state index in [-0.39, 0.29) is 52.7 Å². The number of hydrogen-bond acceptors (Lipinski definition) is 2. The van der Waals surface area contributed by atoms with Gasteiger partial charge in [0.05, 0.1) is 0 Å². The second-order valence-corrected chi connectivity index (χ2v) is 3.05. The van der Waals surface area contributed by atoms with Crippen molar-refractivity contribution in [3.8, 4) is 0 Å². The molecule has 0 aliphatic carbocycles. The van der Waals surface area contributed by atoms with Crippen LogP contribution < -0.4 is 22.6 Å². The Morgan fingerprint density at radius 1 is 1.27 bits per heavy atom. The molecular formula is C8H26N4S2Y. The van der Waals surface area contributed by atoms with Crippen molar-refractivity contribution in [1.82, 2.24) is 0 Å². The fourth-order valence-corrected chi connectivity index (χ4v) is 0.500. The number of thioether (sulfide) groups is 1. The second-order valence-electron chi connectivity index (χ2n) is 1.24. The predicted molar refractivity (Wildman–Crippen MR) is 74.7 cm³/mol. The number of rotatable bonds is 1. The molecule has 1 radical (unpaired) electrons. The van der Waals surface area contributed by atoms with Crippen molar-refractivity contribution in [2.75, 3.05) is 5.75 Å². The van der Waals surface area contributed by atoms with Gasteiger partial charge in [-0.1, -0.05) is 21.8 Å². The van der Waals surface area contributed by atoms with Gasteiger partial charge < -0.3 is 18.4 Å². The van der Waals surface area contributed by atoms with Crippen molar-refractivity contribution in [3.63, 3.8) is 0 Å². The van der Waals surface area contributed by atoms with Crippen LogP contribution in [0.3, 0.4) is 0 Å². The molecule has 8 N–H and O–H groups in total. The molecule has 0 aliphatic rings. The molecule has 0 saturated heterocycles. The fourth-order valence-electron chi connectivity index (χ4n) is 0.167. The molecular weight excluding hydrogens is 305 g/mol. The first-order chi connectivity index (χ1) is 5.50. The van der Waals surface area contributed by atoms with Gasteiger partial charge >= 0.3 is 0 Å². The van der Waals surface area contributed by atoms with Gasteiger partial charge in [-0.3, -0.25) is 11.1 Å². The van der Waals surface area contributed by atoms with Crippen molar-refractivity contribution in [3.05, 3.63) is 6.92 Å². The minimum atomic E-state index is 0. The second kappa shape index (κ2) is 36.5. The topological polar surface area (TPSA) is 104 Å². The molecule has 4 nitrogen and oxygen atoms in total. The maximum absolute atomic E-state index is 5.06. The first-order valence-electron chi connectivity index (χ1n) is 3.27. The SMILES string of the molecule is C.C.CCSC(N)=[NH2+].NC(N)=S.[CH2-]C.[Y]. The van der Waals surface area contributed by atoms with Gasteiger partial charge in [-0.15, -0.1) is 0 Å². The van der Waals surface area contributed by atoms with Gasteiger partial charge in [0.1, 0.15) is 0 Å². The van der Waals surface area contributed by atoms with E-state index in [1.54, 1.807) is 6.92 Å². The average Bonchev–Trinajstić information content (AvgIpc) is 1.90. The van der Waals surface area contributed by atoms with Crippen LogP contribution in [0.4, 0.5) is 0 Å². The third kappa shape index (κ3) is 178. The van der Waals surface area contributed by atoms with Crippen LogP contribution in [0.5, 0.6) is 0 Å². The summed E-state index contributed by atoms with van der Waals surface area (Å²) in [5.74, 6) is 0.961. The number of hydrogen-bond donors (Lipinski definition) is 4. The van der Waals surface area contributed by atoms with Crippen LogP contribution in [-0.2, 0) is 32.7 Å². The van der Waals surface area contributed by atoms with Gasteiger partial charge in [0.25, 0.3) is 5.17 Å². The van der Waals surface area contributed by atoms with Crippen molar-refractivity contribution in [2.45, 2.75) is 28.7 Å². The van der Waals surface area contributed by atoms with Crippen LogP contribution in [0.25, 0.3) is 0 Å². The molecule has 0 aromatic carbocycles. The zero-order chi connectivity index (χ0) is 10.6. The summed E-state index contributed by atoms with van der Waals surface area (Å²) < 4.78 is 0. The van der Waals surface area contributed by atoms with Gasteiger partial charge in [0, 0.05) is 38.5 Å². The third-order valence-electron chi connectivity index (χ3n) is 0.311. The molecule has 0 atom stereocenters. The molecule has 0 aliphatic heterocycles. The van der Waals surface area contributed by atoms with Gasteiger partial charge in [0.2, 0.25) is 0 Å². The molecule has 0 unspecified atom stereocenters. The molecule has 0 amide bonds. The van der Waals surface area contributed by atoms with E-state index in [1.807, 2.05) is 6.92 Å². The van der Waals surface area contributed by atoms with Crippen LogP contribution in [0.15, 0.2) is 0 Å². The summed E-state index contributed by atoms with van der Waals surface area (Å²) in [6.45, 7) is 7.00. The Bertz CT molecular complexity index is 119. The summed E-state index contributed by atoms with van der Waals surface area (Å²) in [5.41, 5.74) is 14.3. The molecule has 0 aromatic heterocycles. The standard InChI is InChI=1S/C3H8N2S.C2H5.CH4N2S.2CH4.Y/c1-2-6-3(4)5;1-2;2-1(3)4;;;/h2H2,1H3,(H3,4,5);1H2,2H3;(H4,2,3,4);2*1H4;/q;-1;;;;/p+1. The molecule has 0 spiro atoms.